The zero-order chi connectivity index (χ0) is 20.1. The van der Waals surface area contributed by atoms with Gasteiger partial charge in [0.1, 0.15) is 0 Å². The number of hydrazone groups is 2. The highest BCUT2D eigenvalue weighted by Crippen LogP contribution is 2.24. The van der Waals surface area contributed by atoms with Crippen molar-refractivity contribution in [1.29, 1.82) is 0 Å². The zero-order valence-electron chi connectivity index (χ0n) is 16.1. The Balaban J connectivity index is 1.81. The molecule has 2 aromatic rings. The molecule has 0 saturated carbocycles. The third kappa shape index (κ3) is 4.06. The fraction of sp³-hybridized carbons (Fsp3) is 0.182. The van der Waals surface area contributed by atoms with Crippen LogP contribution in [0.2, 0.25) is 0 Å². The summed E-state index contributed by atoms with van der Waals surface area (Å²) in [6, 6.07) is 18.5. The van der Waals surface area contributed by atoms with Crippen LogP contribution < -0.4 is 10.0 Å². The molecule has 0 fully saturated rings. The van der Waals surface area contributed by atoms with Crippen LogP contribution in [0, 0.1) is 5.92 Å². The van der Waals surface area contributed by atoms with E-state index in [0.717, 1.165) is 5.69 Å². The Morgan fingerprint density at radius 3 is 2.32 bits per heavy atom. The number of hydrogen-bond donors (Lipinski definition) is 0. The molecule has 142 valence electrons. The van der Waals surface area contributed by atoms with Gasteiger partial charge in [-0.1, -0.05) is 49.4 Å². The summed E-state index contributed by atoms with van der Waals surface area (Å²) in [5.74, 6) is -0.315. The van der Waals surface area contributed by atoms with Crippen molar-refractivity contribution >= 4 is 35.1 Å². The minimum absolute atomic E-state index is 0.147. The van der Waals surface area contributed by atoms with Gasteiger partial charge >= 0.3 is 0 Å². The monoisotopic (exact) mass is 374 g/mol. The van der Waals surface area contributed by atoms with E-state index >= 15 is 0 Å². The summed E-state index contributed by atoms with van der Waals surface area (Å²) in [7, 11) is 0. The second-order valence-electron chi connectivity index (χ2n) is 6.53. The number of carbonyl (C=O) groups is 2. The lowest BCUT2D eigenvalue weighted by molar-refractivity contribution is -0.114. The smallest absolute Gasteiger partial charge is 0.276 e. The summed E-state index contributed by atoms with van der Waals surface area (Å²) in [4.78, 5) is 24.2. The second kappa shape index (κ2) is 8.43. The number of rotatable bonds is 6. The lowest BCUT2D eigenvalue weighted by atomic mass is 10.0. The number of carbonyl (C=O) groups excluding carboxylic acids is 2. The predicted octanol–water partition coefficient (Wildman–Crippen LogP) is 4.01. The number of hydrogen-bond acceptors (Lipinski definition) is 4. The van der Waals surface area contributed by atoms with E-state index in [1.54, 1.807) is 0 Å². The summed E-state index contributed by atoms with van der Waals surface area (Å²) >= 11 is 0. The first kappa shape index (κ1) is 19.2. The average Bonchev–Trinajstić information content (AvgIpc) is 3.01. The Morgan fingerprint density at radius 1 is 1.11 bits per heavy atom. The van der Waals surface area contributed by atoms with Crippen molar-refractivity contribution in [2.24, 2.45) is 16.1 Å². The van der Waals surface area contributed by atoms with Crippen LogP contribution in [-0.4, -0.2) is 23.7 Å². The minimum atomic E-state index is -0.168. The average molecular weight is 374 g/mol. The van der Waals surface area contributed by atoms with Crippen LogP contribution in [-0.2, 0) is 9.59 Å². The molecule has 1 aliphatic rings. The first-order chi connectivity index (χ1) is 13.5. The van der Waals surface area contributed by atoms with Gasteiger partial charge in [-0.25, -0.2) is 5.01 Å². The standard InChI is InChI=1S/C22H22N4O2/c1-16(17(2)23-25(15-27)19-10-6-4-7-11-19)14-21-18(3)24-26(22(21)28)20-12-8-5-9-13-20/h4-16H,1-3H3/b21-14+,23-17-. The summed E-state index contributed by atoms with van der Waals surface area (Å²) in [5, 5.41) is 11.5. The lowest BCUT2D eigenvalue weighted by Gasteiger charge is -2.15. The Labute approximate surface area is 164 Å². The van der Waals surface area contributed by atoms with Crippen molar-refractivity contribution in [1.82, 2.24) is 0 Å². The van der Waals surface area contributed by atoms with E-state index in [2.05, 4.69) is 10.2 Å². The van der Waals surface area contributed by atoms with Crippen molar-refractivity contribution in [3.05, 3.63) is 72.3 Å². The molecular weight excluding hydrogens is 352 g/mol. The van der Waals surface area contributed by atoms with Crippen molar-refractivity contribution < 1.29 is 9.59 Å². The molecule has 0 radical (unpaired) electrons. The molecule has 1 atom stereocenters. The molecule has 0 aromatic heterocycles. The molecule has 2 amide bonds. The van der Waals surface area contributed by atoms with Gasteiger partial charge in [0.15, 0.2) is 0 Å². The van der Waals surface area contributed by atoms with Gasteiger partial charge in [0.25, 0.3) is 5.91 Å². The SMILES string of the molecule is CC1=NN(c2ccccc2)C(=O)/C1=C/C(C)/C(C)=N\N(C=O)c1ccccc1. The highest BCUT2D eigenvalue weighted by Gasteiger charge is 2.29. The Kier molecular flexibility index (Phi) is 5.79. The third-order valence-electron chi connectivity index (χ3n) is 4.53. The van der Waals surface area contributed by atoms with Gasteiger partial charge in [-0.3, -0.25) is 9.59 Å². The maximum Gasteiger partial charge on any atom is 0.280 e. The van der Waals surface area contributed by atoms with E-state index in [1.165, 1.54) is 10.0 Å². The Bertz CT molecular complexity index is 949. The number of anilines is 2. The molecule has 0 saturated heterocycles. The van der Waals surface area contributed by atoms with Gasteiger partial charge in [0.05, 0.1) is 22.7 Å². The maximum atomic E-state index is 12.8. The molecule has 1 aliphatic heterocycles. The quantitative estimate of drug-likeness (QED) is 0.332. The summed E-state index contributed by atoms with van der Waals surface area (Å²) in [6.07, 6.45) is 2.51. The highest BCUT2D eigenvalue weighted by atomic mass is 16.2. The van der Waals surface area contributed by atoms with Gasteiger partial charge in [0, 0.05) is 11.6 Å². The first-order valence-electron chi connectivity index (χ1n) is 9.03. The predicted molar refractivity (Wildman–Crippen MR) is 112 cm³/mol. The van der Waals surface area contributed by atoms with E-state index < -0.39 is 0 Å². The molecular formula is C22H22N4O2. The van der Waals surface area contributed by atoms with Crippen molar-refractivity contribution in [3.8, 4) is 0 Å². The Morgan fingerprint density at radius 2 is 1.71 bits per heavy atom. The topological polar surface area (TPSA) is 65.3 Å². The third-order valence-corrected chi connectivity index (χ3v) is 4.53. The van der Waals surface area contributed by atoms with Gasteiger partial charge < -0.3 is 0 Å². The molecule has 0 spiro atoms. The number of benzene rings is 2. The summed E-state index contributed by atoms with van der Waals surface area (Å²) in [5.41, 5.74) is 3.32. The molecule has 1 unspecified atom stereocenters. The van der Waals surface area contributed by atoms with Crippen LogP contribution in [0.4, 0.5) is 11.4 Å². The maximum absolute atomic E-state index is 12.8. The summed E-state index contributed by atoms with van der Waals surface area (Å²) in [6.45, 7) is 5.58. The number of allylic oxidation sites excluding steroid dienone is 1. The van der Waals surface area contributed by atoms with E-state index in [4.69, 9.17) is 0 Å². The number of para-hydroxylation sites is 2. The Hall–Kier alpha value is -3.54. The molecule has 6 heteroatoms. The van der Waals surface area contributed by atoms with Crippen LogP contribution in [0.25, 0.3) is 0 Å². The fourth-order valence-electron chi connectivity index (χ4n) is 2.81. The molecule has 1 heterocycles. The van der Waals surface area contributed by atoms with E-state index in [1.807, 2.05) is 87.5 Å². The van der Waals surface area contributed by atoms with Crippen molar-refractivity contribution in [3.63, 3.8) is 0 Å². The number of nitrogens with zero attached hydrogens (tertiary/aromatic N) is 4. The van der Waals surface area contributed by atoms with Gasteiger partial charge in [0.2, 0.25) is 6.41 Å². The number of amides is 2. The first-order valence-corrected chi connectivity index (χ1v) is 9.03. The van der Waals surface area contributed by atoms with E-state index in [9.17, 15) is 9.59 Å². The van der Waals surface area contributed by atoms with Crippen LogP contribution in [0.15, 0.2) is 82.5 Å². The fourth-order valence-corrected chi connectivity index (χ4v) is 2.81. The molecule has 0 bridgehead atoms. The van der Waals surface area contributed by atoms with Crippen LogP contribution in [0.1, 0.15) is 20.8 Å². The van der Waals surface area contributed by atoms with E-state index in [0.29, 0.717) is 29.1 Å². The van der Waals surface area contributed by atoms with Crippen molar-refractivity contribution in [2.75, 3.05) is 10.0 Å². The molecule has 28 heavy (non-hydrogen) atoms. The van der Waals surface area contributed by atoms with Crippen molar-refractivity contribution in [2.45, 2.75) is 20.8 Å². The van der Waals surface area contributed by atoms with Gasteiger partial charge in [-0.2, -0.15) is 15.2 Å². The highest BCUT2D eigenvalue weighted by molar-refractivity contribution is 6.29. The zero-order valence-corrected chi connectivity index (χ0v) is 16.1. The largest absolute Gasteiger partial charge is 0.280 e. The lowest BCUT2D eigenvalue weighted by Crippen LogP contribution is -2.22. The molecule has 0 aliphatic carbocycles. The second-order valence-corrected chi connectivity index (χ2v) is 6.53. The summed E-state index contributed by atoms with van der Waals surface area (Å²) < 4.78 is 0. The van der Waals surface area contributed by atoms with Crippen LogP contribution in [0.3, 0.4) is 0 Å². The van der Waals surface area contributed by atoms with Gasteiger partial charge in [-0.05, 0) is 38.1 Å². The van der Waals surface area contributed by atoms with E-state index in [-0.39, 0.29) is 11.8 Å². The molecule has 3 rings (SSSR count). The molecule has 2 aromatic carbocycles. The normalized spacial score (nSPS) is 16.9. The molecule has 0 N–H and O–H groups in total. The van der Waals surface area contributed by atoms with Gasteiger partial charge in [-0.15, -0.1) is 0 Å². The van der Waals surface area contributed by atoms with Crippen LogP contribution in [0.5, 0.6) is 0 Å². The van der Waals surface area contributed by atoms with Crippen LogP contribution >= 0.6 is 0 Å². The molecule has 6 nitrogen and oxygen atoms in total. The minimum Gasteiger partial charge on any atom is -0.276 e.